The Labute approximate surface area is 267 Å². The molecular formula is C44H29NO. The minimum absolute atomic E-state index is 0.909. The lowest BCUT2D eigenvalue weighted by Gasteiger charge is -2.27. The molecule has 2 nitrogen and oxygen atoms in total. The number of nitrogens with zero attached hydrogens (tertiary/aromatic N) is 1. The SMILES string of the molecule is c1ccc(-c2cccc(N(c3ccc(-c4ccc5ccccc5c4)cc3)c3cccc4c3ccc3c5ccccc5oc43)c2)cc1. The Kier molecular flexibility index (Phi) is 6.17. The van der Waals surface area contributed by atoms with E-state index in [0.29, 0.717) is 0 Å². The number of benzene rings is 8. The Morgan fingerprint density at radius 3 is 1.87 bits per heavy atom. The zero-order chi connectivity index (χ0) is 30.5. The van der Waals surface area contributed by atoms with Gasteiger partial charge < -0.3 is 9.32 Å². The highest BCUT2D eigenvalue weighted by atomic mass is 16.3. The van der Waals surface area contributed by atoms with E-state index in [4.69, 9.17) is 4.42 Å². The number of anilines is 3. The van der Waals surface area contributed by atoms with Gasteiger partial charge in [0.05, 0.1) is 5.69 Å². The quantitative estimate of drug-likeness (QED) is 0.199. The summed E-state index contributed by atoms with van der Waals surface area (Å²) in [5, 5.41) is 7.01. The number of para-hydroxylation sites is 1. The molecule has 1 heterocycles. The lowest BCUT2D eigenvalue weighted by Crippen LogP contribution is -2.10. The Bertz CT molecular complexity index is 2530. The summed E-state index contributed by atoms with van der Waals surface area (Å²) < 4.78 is 6.47. The molecular weight excluding hydrogens is 558 g/mol. The van der Waals surface area contributed by atoms with Crippen molar-refractivity contribution in [3.05, 3.63) is 176 Å². The molecule has 0 saturated carbocycles. The van der Waals surface area contributed by atoms with Crippen molar-refractivity contribution in [1.29, 1.82) is 0 Å². The van der Waals surface area contributed by atoms with Gasteiger partial charge in [0.1, 0.15) is 11.2 Å². The smallest absolute Gasteiger partial charge is 0.143 e. The molecule has 0 N–H and O–H groups in total. The molecule has 0 aliphatic rings. The summed E-state index contributed by atoms with van der Waals surface area (Å²) >= 11 is 0. The third-order valence-electron chi connectivity index (χ3n) is 9.04. The summed E-state index contributed by atoms with van der Waals surface area (Å²) in [7, 11) is 0. The first kappa shape index (κ1) is 26.3. The van der Waals surface area contributed by atoms with Crippen LogP contribution in [0.25, 0.3) is 65.7 Å². The maximum atomic E-state index is 6.47. The number of furan rings is 1. The van der Waals surface area contributed by atoms with Crippen LogP contribution < -0.4 is 4.90 Å². The molecule has 46 heavy (non-hydrogen) atoms. The third kappa shape index (κ3) is 4.43. The van der Waals surface area contributed by atoms with E-state index in [1.807, 2.05) is 12.1 Å². The molecule has 0 fully saturated rings. The van der Waals surface area contributed by atoms with Gasteiger partial charge in [-0.25, -0.2) is 0 Å². The van der Waals surface area contributed by atoms with Gasteiger partial charge in [-0.05, 0) is 81.6 Å². The molecule has 0 atom stereocenters. The first-order valence-corrected chi connectivity index (χ1v) is 15.7. The minimum Gasteiger partial charge on any atom is -0.455 e. The highest BCUT2D eigenvalue weighted by Gasteiger charge is 2.19. The maximum absolute atomic E-state index is 6.47. The van der Waals surface area contributed by atoms with Gasteiger partial charge in [0, 0.05) is 32.9 Å². The predicted molar refractivity (Wildman–Crippen MR) is 194 cm³/mol. The topological polar surface area (TPSA) is 16.4 Å². The van der Waals surface area contributed by atoms with Crippen molar-refractivity contribution in [2.75, 3.05) is 4.90 Å². The highest BCUT2D eigenvalue weighted by Crippen LogP contribution is 2.43. The van der Waals surface area contributed by atoms with E-state index in [1.54, 1.807) is 0 Å². The molecule has 1 aromatic heterocycles. The normalized spacial score (nSPS) is 11.5. The Balaban J connectivity index is 1.23. The maximum Gasteiger partial charge on any atom is 0.143 e. The van der Waals surface area contributed by atoms with Crippen molar-refractivity contribution in [2.24, 2.45) is 0 Å². The van der Waals surface area contributed by atoms with Crippen LogP contribution in [0.1, 0.15) is 0 Å². The lowest BCUT2D eigenvalue weighted by atomic mass is 10.00. The number of hydrogen-bond donors (Lipinski definition) is 0. The van der Waals surface area contributed by atoms with Crippen molar-refractivity contribution < 1.29 is 4.42 Å². The van der Waals surface area contributed by atoms with E-state index in [9.17, 15) is 0 Å². The van der Waals surface area contributed by atoms with E-state index >= 15 is 0 Å². The largest absolute Gasteiger partial charge is 0.455 e. The Hall–Kier alpha value is -6.12. The summed E-state index contributed by atoms with van der Waals surface area (Å²) in [6.45, 7) is 0. The van der Waals surface area contributed by atoms with E-state index in [1.165, 1.54) is 33.0 Å². The van der Waals surface area contributed by atoms with Crippen molar-refractivity contribution in [1.82, 2.24) is 0 Å². The second-order valence-electron chi connectivity index (χ2n) is 11.8. The fourth-order valence-corrected chi connectivity index (χ4v) is 6.77. The van der Waals surface area contributed by atoms with E-state index < -0.39 is 0 Å². The summed E-state index contributed by atoms with van der Waals surface area (Å²) in [5.41, 5.74) is 9.88. The van der Waals surface area contributed by atoms with Crippen molar-refractivity contribution >= 4 is 60.5 Å². The van der Waals surface area contributed by atoms with Crippen molar-refractivity contribution in [3.63, 3.8) is 0 Å². The van der Waals surface area contributed by atoms with Gasteiger partial charge >= 0.3 is 0 Å². The van der Waals surface area contributed by atoms with Crippen LogP contribution in [-0.2, 0) is 0 Å². The van der Waals surface area contributed by atoms with Crippen LogP contribution in [-0.4, -0.2) is 0 Å². The van der Waals surface area contributed by atoms with Crippen LogP contribution in [0.4, 0.5) is 17.1 Å². The van der Waals surface area contributed by atoms with Gasteiger partial charge in [-0.15, -0.1) is 0 Å². The molecule has 2 heteroatoms. The second-order valence-corrected chi connectivity index (χ2v) is 11.8. The molecule has 8 aromatic carbocycles. The summed E-state index contributed by atoms with van der Waals surface area (Å²) in [4.78, 5) is 2.37. The van der Waals surface area contributed by atoms with Crippen LogP contribution in [0.15, 0.2) is 180 Å². The van der Waals surface area contributed by atoms with Crippen LogP contribution in [0.5, 0.6) is 0 Å². The number of hydrogen-bond acceptors (Lipinski definition) is 2. The average molecular weight is 588 g/mol. The number of fused-ring (bicyclic) bond motifs is 6. The average Bonchev–Trinajstić information content (AvgIpc) is 3.52. The summed E-state index contributed by atoms with van der Waals surface area (Å²) in [6.07, 6.45) is 0. The van der Waals surface area contributed by atoms with Crippen molar-refractivity contribution in [2.45, 2.75) is 0 Å². The molecule has 0 aliphatic carbocycles. The molecule has 0 unspecified atom stereocenters. The molecule has 0 spiro atoms. The fraction of sp³-hybridized carbons (Fsp3) is 0. The molecule has 0 bridgehead atoms. The second kappa shape index (κ2) is 10.8. The van der Waals surface area contributed by atoms with E-state index in [0.717, 1.165) is 49.8 Å². The van der Waals surface area contributed by atoms with Gasteiger partial charge in [0.15, 0.2) is 0 Å². The van der Waals surface area contributed by atoms with Gasteiger partial charge in [0.2, 0.25) is 0 Å². The predicted octanol–water partition coefficient (Wildman–Crippen LogP) is 12.7. The Morgan fingerprint density at radius 1 is 0.348 bits per heavy atom. The lowest BCUT2D eigenvalue weighted by molar-refractivity contribution is 0.672. The first-order chi connectivity index (χ1) is 22.8. The van der Waals surface area contributed by atoms with Crippen LogP contribution in [0.3, 0.4) is 0 Å². The zero-order valence-electron chi connectivity index (χ0n) is 25.1. The highest BCUT2D eigenvalue weighted by molar-refractivity contribution is 6.17. The molecule has 0 radical (unpaired) electrons. The first-order valence-electron chi connectivity index (χ1n) is 15.7. The molecule has 0 saturated heterocycles. The van der Waals surface area contributed by atoms with Gasteiger partial charge in [-0.1, -0.05) is 127 Å². The Morgan fingerprint density at radius 2 is 0.978 bits per heavy atom. The van der Waals surface area contributed by atoms with Crippen LogP contribution in [0.2, 0.25) is 0 Å². The van der Waals surface area contributed by atoms with Gasteiger partial charge in [-0.3, -0.25) is 0 Å². The monoisotopic (exact) mass is 587 g/mol. The molecule has 0 aliphatic heterocycles. The van der Waals surface area contributed by atoms with Crippen molar-refractivity contribution in [3.8, 4) is 22.3 Å². The molecule has 9 aromatic rings. The van der Waals surface area contributed by atoms with Gasteiger partial charge in [0.25, 0.3) is 0 Å². The summed E-state index contributed by atoms with van der Waals surface area (Å²) in [6, 6.07) is 62.8. The zero-order valence-corrected chi connectivity index (χ0v) is 25.1. The molecule has 9 rings (SSSR count). The standard InChI is InChI=1S/C44H29NO/c1-2-10-30(11-3-1)34-14-8-15-37(29-34)45(36-24-22-32(23-25-36)35-21-20-31-12-4-5-13-33(31)28-35)42-18-9-17-40-38(42)26-27-41-39-16-6-7-19-43(39)46-44(40)41/h1-29H. The fourth-order valence-electron chi connectivity index (χ4n) is 6.77. The van der Waals surface area contributed by atoms with Gasteiger partial charge in [-0.2, -0.15) is 0 Å². The number of rotatable bonds is 5. The van der Waals surface area contributed by atoms with Crippen LogP contribution >= 0.6 is 0 Å². The summed E-state index contributed by atoms with van der Waals surface area (Å²) in [5.74, 6) is 0. The molecule has 0 amide bonds. The van der Waals surface area contributed by atoms with E-state index in [2.05, 4.69) is 169 Å². The molecule has 216 valence electrons. The van der Waals surface area contributed by atoms with E-state index in [-0.39, 0.29) is 0 Å². The third-order valence-corrected chi connectivity index (χ3v) is 9.04. The van der Waals surface area contributed by atoms with Crippen LogP contribution in [0, 0.1) is 0 Å². The minimum atomic E-state index is 0.909.